The highest BCUT2D eigenvalue weighted by atomic mass is 15.0. The molecule has 304 valence electrons. The normalized spacial score (nSPS) is 11.1. The maximum Gasteiger partial charge on any atom is 0.0482 e. The Labute approximate surface area is 372 Å². The topological polar surface area (TPSA) is 19.7 Å². The van der Waals surface area contributed by atoms with Crippen LogP contribution in [0.15, 0.2) is 267 Å². The van der Waals surface area contributed by atoms with E-state index in [4.69, 9.17) is 0 Å². The van der Waals surface area contributed by atoms with Crippen LogP contribution in [0, 0.1) is 0 Å². The number of rotatable bonds is 4. The molecule has 0 fully saturated rings. The molecule has 0 aliphatic carbocycles. The lowest BCUT2D eigenvalue weighted by molar-refractivity contribution is 1.14. The van der Waals surface area contributed by atoms with Crippen molar-refractivity contribution in [2.45, 2.75) is 0 Å². The van der Waals surface area contributed by atoms with Crippen LogP contribution in [-0.4, -0.2) is 18.3 Å². The highest BCUT2D eigenvalue weighted by Crippen LogP contribution is 2.26. The van der Waals surface area contributed by atoms with Crippen LogP contribution in [0.5, 0.6) is 0 Å². The molecule has 64 heavy (non-hydrogen) atoms. The highest BCUT2D eigenvalue weighted by molar-refractivity contribution is 5.87. The van der Waals surface area contributed by atoms with Gasteiger partial charge in [-0.15, -0.1) is 0 Å². The highest BCUT2D eigenvalue weighted by Gasteiger charge is 2.07. The predicted octanol–water partition coefficient (Wildman–Crippen LogP) is 15.7. The Morgan fingerprint density at radius 2 is 0.359 bits per heavy atom. The third-order valence-electron chi connectivity index (χ3n) is 11.9. The van der Waals surface area contributed by atoms with Crippen LogP contribution < -0.4 is 0 Å². The number of nitrogens with zero attached hydrogens (tertiary/aromatic N) is 4. The summed E-state index contributed by atoms with van der Waals surface area (Å²) in [5.41, 5.74) is 12.9. The Kier molecular flexibility index (Phi) is 10.2. The van der Waals surface area contributed by atoms with Crippen molar-refractivity contribution < 1.29 is 0 Å². The zero-order chi connectivity index (χ0) is 42.7. The van der Waals surface area contributed by atoms with Gasteiger partial charge in [0.1, 0.15) is 0 Å². The van der Waals surface area contributed by atoms with Gasteiger partial charge in [-0.3, -0.25) is 0 Å². The summed E-state index contributed by atoms with van der Waals surface area (Å²) >= 11 is 0. The Balaban J connectivity index is 1.26. The van der Waals surface area contributed by atoms with Gasteiger partial charge < -0.3 is 18.3 Å². The molecule has 4 heteroatoms. The number of para-hydroxylation sites is 4. The second-order valence-corrected chi connectivity index (χ2v) is 15.9. The SMILES string of the molecule is c1ccc(-n2c3ccc(cc3)c3ccc(cc3)n(-c3ccccc3)c3cccc(c3)n(-c3ccccc3)c3ccc(cc3)c3ccc(cc3)n(-c3ccccc3)c3cccc2c3)cc1. The molecule has 0 aliphatic rings. The van der Waals surface area contributed by atoms with Crippen molar-refractivity contribution in [1.29, 1.82) is 0 Å². The maximum absolute atomic E-state index is 2.33. The largest absolute Gasteiger partial charge is 0.310 e. The molecular formula is C60H44N4. The molecule has 7 aromatic heterocycles. The lowest BCUT2D eigenvalue weighted by atomic mass is 10.1. The number of hydrogen-bond acceptors (Lipinski definition) is 0. The van der Waals surface area contributed by atoms with Gasteiger partial charge in [-0.25, -0.2) is 0 Å². The van der Waals surface area contributed by atoms with Gasteiger partial charge in [0.2, 0.25) is 0 Å². The van der Waals surface area contributed by atoms with Gasteiger partial charge in [0.25, 0.3) is 0 Å². The van der Waals surface area contributed by atoms with E-state index in [1.807, 2.05) is 0 Å². The van der Waals surface area contributed by atoms with Gasteiger partial charge >= 0.3 is 0 Å². The Hall–Kier alpha value is -8.60. The van der Waals surface area contributed by atoms with E-state index in [0.29, 0.717) is 0 Å². The third kappa shape index (κ3) is 7.55. The molecule has 10 aromatic carbocycles. The van der Waals surface area contributed by atoms with Crippen LogP contribution in [0.2, 0.25) is 0 Å². The number of hydrogen-bond donors (Lipinski definition) is 0. The average molecular weight is 821 g/mol. The van der Waals surface area contributed by atoms with E-state index in [9.17, 15) is 0 Å². The minimum absolute atomic E-state index is 1.06. The molecule has 17 aromatic rings. The second kappa shape index (κ2) is 17.0. The summed E-state index contributed by atoms with van der Waals surface area (Å²) in [5.74, 6) is 0. The van der Waals surface area contributed by atoms with Gasteiger partial charge in [-0.05, 0) is 155 Å². The van der Waals surface area contributed by atoms with Crippen molar-refractivity contribution in [3.05, 3.63) is 267 Å². The molecular weight excluding hydrogens is 777 g/mol. The van der Waals surface area contributed by atoms with Crippen molar-refractivity contribution in [3.8, 4) is 22.7 Å². The van der Waals surface area contributed by atoms with Crippen LogP contribution in [0.25, 0.3) is 88.4 Å². The minimum Gasteiger partial charge on any atom is -0.310 e. The van der Waals surface area contributed by atoms with Gasteiger partial charge in [0.05, 0.1) is 0 Å². The van der Waals surface area contributed by atoms with Crippen LogP contribution in [0.4, 0.5) is 0 Å². The van der Waals surface area contributed by atoms with Crippen LogP contribution in [0.3, 0.4) is 0 Å². The first-order chi connectivity index (χ1) is 31.7. The fourth-order valence-corrected chi connectivity index (χ4v) is 8.85. The van der Waals surface area contributed by atoms with Crippen LogP contribution >= 0.6 is 0 Å². The maximum atomic E-state index is 2.33. The Morgan fingerprint density at radius 1 is 0.156 bits per heavy atom. The molecule has 12 bridgehead atoms. The van der Waals surface area contributed by atoms with Crippen molar-refractivity contribution in [2.75, 3.05) is 0 Å². The first-order valence-electron chi connectivity index (χ1n) is 21.8. The molecule has 0 N–H and O–H groups in total. The average Bonchev–Trinajstić information content (AvgIpc) is 3.37. The van der Waals surface area contributed by atoms with E-state index in [0.717, 1.165) is 88.4 Å². The summed E-state index contributed by atoms with van der Waals surface area (Å²) < 4.78 is 9.34. The van der Waals surface area contributed by atoms with E-state index in [1.165, 1.54) is 0 Å². The van der Waals surface area contributed by atoms with E-state index in [1.54, 1.807) is 0 Å². The molecule has 0 aliphatic heterocycles. The van der Waals surface area contributed by atoms with Crippen LogP contribution in [-0.2, 0) is 0 Å². The second-order valence-electron chi connectivity index (χ2n) is 15.9. The van der Waals surface area contributed by atoms with Crippen molar-refractivity contribution in [2.24, 2.45) is 0 Å². The molecule has 0 atom stereocenters. The third-order valence-corrected chi connectivity index (χ3v) is 11.9. The number of benzene rings is 10. The Bertz CT molecular complexity index is 3140. The molecule has 7 heterocycles. The van der Waals surface area contributed by atoms with Crippen molar-refractivity contribution in [1.82, 2.24) is 18.3 Å². The lowest BCUT2D eigenvalue weighted by Gasteiger charge is -2.14. The molecule has 0 spiro atoms. The van der Waals surface area contributed by atoms with E-state index in [-0.39, 0.29) is 0 Å². The molecule has 0 radical (unpaired) electrons. The first kappa shape index (κ1) is 38.3. The van der Waals surface area contributed by atoms with Gasteiger partial charge in [0, 0.05) is 66.9 Å². The smallest absolute Gasteiger partial charge is 0.0482 e. The predicted molar refractivity (Wildman–Crippen MR) is 270 cm³/mol. The van der Waals surface area contributed by atoms with Crippen LogP contribution in [0.1, 0.15) is 0 Å². The van der Waals surface area contributed by atoms with E-state index >= 15 is 0 Å². The zero-order valence-corrected chi connectivity index (χ0v) is 35.2. The standard InChI is InChI=1S/C60H44N4/c1-5-15-49(16-6-1)61-53-35-27-45(28-36-53)46-29-39-55(40-30-46)63(51-19-9-3-10-20-51)59-25-14-26-60(44-59)64(52-21-11-4-12-22-52)56-41-33-48(34-42-56)47-31-37-54(38-32-47)62(50-17-7-2-8-18-50)58-24-13-23-57(61)43-58/h1-44H. The monoisotopic (exact) mass is 820 g/mol. The summed E-state index contributed by atoms with van der Waals surface area (Å²) in [6.07, 6.45) is 0. The van der Waals surface area contributed by atoms with E-state index in [2.05, 4.69) is 285 Å². The lowest BCUT2D eigenvalue weighted by Crippen LogP contribution is -1.99. The van der Waals surface area contributed by atoms with Gasteiger partial charge in [-0.2, -0.15) is 0 Å². The first-order valence-corrected chi connectivity index (χ1v) is 21.8. The number of aromatic nitrogens is 4. The summed E-state index contributed by atoms with van der Waals surface area (Å²) in [6.45, 7) is 0. The fourth-order valence-electron chi connectivity index (χ4n) is 8.85. The summed E-state index contributed by atoms with van der Waals surface area (Å²) in [7, 11) is 0. The molecule has 0 amide bonds. The summed E-state index contributed by atoms with van der Waals surface area (Å²) in [4.78, 5) is 0. The molecule has 0 unspecified atom stereocenters. The van der Waals surface area contributed by atoms with Gasteiger partial charge in [-0.1, -0.05) is 133 Å². The summed E-state index contributed by atoms with van der Waals surface area (Å²) in [5, 5.41) is 4.59. The molecule has 0 saturated carbocycles. The minimum atomic E-state index is 1.06. The fraction of sp³-hybridized carbons (Fsp3) is 0. The van der Waals surface area contributed by atoms with Crippen molar-refractivity contribution in [3.63, 3.8) is 0 Å². The van der Waals surface area contributed by atoms with Crippen molar-refractivity contribution >= 4 is 65.7 Å². The Morgan fingerprint density at radius 3 is 0.562 bits per heavy atom. The summed E-state index contributed by atoms with van der Waals surface area (Å²) in [6, 6.07) is 95.8. The molecule has 17 rings (SSSR count). The molecule has 4 nitrogen and oxygen atoms in total. The quantitative estimate of drug-likeness (QED) is 0.169. The van der Waals surface area contributed by atoms with E-state index < -0.39 is 0 Å². The van der Waals surface area contributed by atoms with Gasteiger partial charge in [0.15, 0.2) is 0 Å². The molecule has 0 saturated heterocycles. The zero-order valence-electron chi connectivity index (χ0n) is 35.2.